The molecule has 0 bridgehead atoms. The summed E-state index contributed by atoms with van der Waals surface area (Å²) >= 11 is 1.51. The van der Waals surface area contributed by atoms with Crippen LogP contribution in [-0.2, 0) is 16.6 Å². The van der Waals surface area contributed by atoms with Gasteiger partial charge in [0.25, 0.3) is 0 Å². The molecule has 0 saturated carbocycles. The van der Waals surface area contributed by atoms with Crippen molar-refractivity contribution in [3.05, 3.63) is 27.5 Å². The second-order valence-corrected chi connectivity index (χ2v) is 7.43. The number of hydrogen-bond acceptors (Lipinski definition) is 5. The first kappa shape index (κ1) is 14.2. The number of hydrogen-bond donors (Lipinski definition) is 1. The Balaban J connectivity index is 2.30. The predicted octanol–water partition coefficient (Wildman–Crippen LogP) is 1.61. The molecule has 0 aliphatic rings. The van der Waals surface area contributed by atoms with Gasteiger partial charge in [-0.15, -0.1) is 11.3 Å². The highest BCUT2D eigenvalue weighted by molar-refractivity contribution is 7.89. The molecule has 0 aliphatic heterocycles. The number of nitrogens with one attached hydrogen (secondary N) is 1. The van der Waals surface area contributed by atoms with Gasteiger partial charge in [-0.3, -0.25) is 5.10 Å². The summed E-state index contributed by atoms with van der Waals surface area (Å²) in [7, 11) is -1.99. The number of aromatic nitrogens is 3. The van der Waals surface area contributed by atoms with Gasteiger partial charge in [0.15, 0.2) is 0 Å². The van der Waals surface area contributed by atoms with Crippen LogP contribution in [0.25, 0.3) is 0 Å². The van der Waals surface area contributed by atoms with Crippen LogP contribution in [-0.4, -0.2) is 35.0 Å². The first-order chi connectivity index (χ1) is 8.82. The van der Waals surface area contributed by atoms with Crippen LogP contribution in [0.4, 0.5) is 0 Å². The Morgan fingerprint density at radius 3 is 2.53 bits per heavy atom. The Kier molecular flexibility index (Phi) is 3.75. The Hall–Kier alpha value is -1.25. The van der Waals surface area contributed by atoms with Crippen molar-refractivity contribution in [2.24, 2.45) is 0 Å². The molecule has 1 N–H and O–H groups in total. The minimum absolute atomic E-state index is 0.252. The van der Waals surface area contributed by atoms with Crippen molar-refractivity contribution in [3.63, 3.8) is 0 Å². The van der Waals surface area contributed by atoms with Gasteiger partial charge in [0.05, 0.1) is 28.6 Å². The molecule has 0 aromatic carbocycles. The fourth-order valence-corrected chi connectivity index (χ4v) is 3.94. The van der Waals surface area contributed by atoms with Crippen LogP contribution in [0.15, 0.2) is 10.3 Å². The van der Waals surface area contributed by atoms with E-state index in [-0.39, 0.29) is 11.4 Å². The number of aryl methyl sites for hydroxylation is 3. The minimum atomic E-state index is -3.54. The molecule has 2 aromatic heterocycles. The lowest BCUT2D eigenvalue weighted by molar-refractivity contribution is 0.462. The van der Waals surface area contributed by atoms with Gasteiger partial charge in [-0.2, -0.15) is 9.40 Å². The van der Waals surface area contributed by atoms with Gasteiger partial charge in [0, 0.05) is 12.4 Å². The highest BCUT2D eigenvalue weighted by Gasteiger charge is 2.27. The van der Waals surface area contributed by atoms with Crippen molar-refractivity contribution in [2.75, 3.05) is 7.05 Å². The number of sulfonamides is 1. The third-order valence-electron chi connectivity index (χ3n) is 2.78. The molecule has 0 spiro atoms. The highest BCUT2D eigenvalue weighted by atomic mass is 32.2. The van der Waals surface area contributed by atoms with Gasteiger partial charge in [-0.05, 0) is 20.8 Å². The summed E-state index contributed by atoms with van der Waals surface area (Å²) in [5.74, 6) is 0. The Labute approximate surface area is 116 Å². The van der Waals surface area contributed by atoms with E-state index in [4.69, 9.17) is 0 Å². The molecule has 2 aromatic rings. The van der Waals surface area contributed by atoms with Crippen LogP contribution >= 0.6 is 11.3 Å². The molecule has 0 unspecified atom stereocenters. The van der Waals surface area contributed by atoms with E-state index in [1.165, 1.54) is 15.6 Å². The monoisotopic (exact) mass is 300 g/mol. The standard InChI is InChI=1S/C11H16N4O2S2/c1-7-11(8(2)14-13-7)19(16,17)15(4)5-10-6-18-9(3)12-10/h6H,5H2,1-4H3,(H,13,14). The molecule has 0 radical (unpaired) electrons. The third kappa shape index (κ3) is 2.70. The quantitative estimate of drug-likeness (QED) is 0.930. The molecule has 2 heterocycles. The number of nitrogens with zero attached hydrogens (tertiary/aromatic N) is 3. The van der Waals surface area contributed by atoms with Crippen LogP contribution in [0, 0.1) is 20.8 Å². The zero-order valence-corrected chi connectivity index (χ0v) is 12.9. The first-order valence-corrected chi connectivity index (χ1v) is 8.03. The van der Waals surface area contributed by atoms with Crippen molar-refractivity contribution < 1.29 is 8.42 Å². The van der Waals surface area contributed by atoms with E-state index in [9.17, 15) is 8.42 Å². The number of aromatic amines is 1. The minimum Gasteiger partial charge on any atom is -0.281 e. The van der Waals surface area contributed by atoms with Crippen LogP contribution in [0.5, 0.6) is 0 Å². The predicted molar refractivity (Wildman–Crippen MR) is 73.6 cm³/mol. The summed E-state index contributed by atoms with van der Waals surface area (Å²) in [4.78, 5) is 4.53. The molecular formula is C11H16N4O2S2. The molecule has 0 aliphatic carbocycles. The molecule has 0 fully saturated rings. The molecule has 104 valence electrons. The highest BCUT2D eigenvalue weighted by Crippen LogP contribution is 2.22. The van der Waals surface area contributed by atoms with Gasteiger partial charge in [-0.1, -0.05) is 0 Å². The van der Waals surface area contributed by atoms with Gasteiger partial charge >= 0.3 is 0 Å². The van der Waals surface area contributed by atoms with Crippen molar-refractivity contribution in [1.29, 1.82) is 0 Å². The summed E-state index contributed by atoms with van der Waals surface area (Å²) in [6, 6.07) is 0. The van der Waals surface area contributed by atoms with E-state index in [1.807, 2.05) is 12.3 Å². The van der Waals surface area contributed by atoms with E-state index < -0.39 is 10.0 Å². The summed E-state index contributed by atoms with van der Waals surface area (Å²) in [5, 5.41) is 9.43. The summed E-state index contributed by atoms with van der Waals surface area (Å²) in [6.45, 7) is 5.54. The second kappa shape index (κ2) is 5.03. The lowest BCUT2D eigenvalue weighted by Crippen LogP contribution is -2.27. The van der Waals surface area contributed by atoms with Gasteiger partial charge in [0.1, 0.15) is 4.90 Å². The van der Waals surface area contributed by atoms with Crippen LogP contribution in [0.2, 0.25) is 0 Å². The largest absolute Gasteiger partial charge is 0.281 e. The van der Waals surface area contributed by atoms with Gasteiger partial charge in [0.2, 0.25) is 10.0 Å². The Morgan fingerprint density at radius 1 is 1.37 bits per heavy atom. The molecule has 0 amide bonds. The summed E-state index contributed by atoms with van der Waals surface area (Å²) < 4.78 is 26.3. The van der Waals surface area contributed by atoms with Gasteiger partial charge < -0.3 is 0 Å². The average molecular weight is 300 g/mol. The maximum absolute atomic E-state index is 12.5. The zero-order chi connectivity index (χ0) is 14.2. The summed E-state index contributed by atoms with van der Waals surface area (Å²) in [5.41, 5.74) is 1.80. The third-order valence-corrected chi connectivity index (χ3v) is 5.67. The van der Waals surface area contributed by atoms with E-state index in [1.54, 1.807) is 20.9 Å². The molecule has 0 saturated heterocycles. The molecule has 0 atom stereocenters. The van der Waals surface area contributed by atoms with Crippen LogP contribution < -0.4 is 0 Å². The number of thiazole rings is 1. The maximum atomic E-state index is 12.5. The molecule has 6 nitrogen and oxygen atoms in total. The first-order valence-electron chi connectivity index (χ1n) is 5.71. The van der Waals surface area contributed by atoms with Crippen molar-refractivity contribution >= 4 is 21.4 Å². The van der Waals surface area contributed by atoms with Crippen LogP contribution in [0.1, 0.15) is 22.1 Å². The Morgan fingerprint density at radius 2 is 2.05 bits per heavy atom. The smallest absolute Gasteiger partial charge is 0.246 e. The molecule has 8 heteroatoms. The topological polar surface area (TPSA) is 79.0 Å². The summed E-state index contributed by atoms with van der Waals surface area (Å²) in [6.07, 6.45) is 0. The van der Waals surface area contributed by atoms with E-state index >= 15 is 0 Å². The zero-order valence-electron chi connectivity index (χ0n) is 11.3. The second-order valence-electron chi connectivity index (χ2n) is 4.38. The van der Waals surface area contributed by atoms with E-state index in [0.29, 0.717) is 11.4 Å². The van der Waals surface area contributed by atoms with E-state index in [2.05, 4.69) is 15.2 Å². The fraction of sp³-hybridized carbons (Fsp3) is 0.455. The van der Waals surface area contributed by atoms with Crippen LogP contribution in [0.3, 0.4) is 0 Å². The lowest BCUT2D eigenvalue weighted by Gasteiger charge is -2.16. The maximum Gasteiger partial charge on any atom is 0.246 e. The number of H-pyrrole nitrogens is 1. The van der Waals surface area contributed by atoms with Crippen molar-refractivity contribution in [3.8, 4) is 0 Å². The average Bonchev–Trinajstić information content (AvgIpc) is 2.85. The van der Waals surface area contributed by atoms with E-state index in [0.717, 1.165) is 10.7 Å². The lowest BCUT2D eigenvalue weighted by atomic mass is 10.4. The van der Waals surface area contributed by atoms with Crippen molar-refractivity contribution in [2.45, 2.75) is 32.2 Å². The molecule has 19 heavy (non-hydrogen) atoms. The fourth-order valence-electron chi connectivity index (χ4n) is 1.87. The Bertz CT molecular complexity index is 668. The SMILES string of the molecule is Cc1nc(CN(C)S(=O)(=O)c2c(C)n[nH]c2C)cs1. The number of rotatable bonds is 4. The normalized spacial score (nSPS) is 12.3. The molecular weight excluding hydrogens is 284 g/mol. The molecule has 2 rings (SSSR count). The van der Waals surface area contributed by atoms with Crippen molar-refractivity contribution in [1.82, 2.24) is 19.5 Å². The van der Waals surface area contributed by atoms with Gasteiger partial charge in [-0.25, -0.2) is 13.4 Å².